The molecule has 1 fully saturated rings. The molecule has 0 saturated heterocycles. The van der Waals surface area contributed by atoms with Crippen molar-refractivity contribution in [2.45, 2.75) is 31.7 Å². The molecule has 0 heterocycles. The van der Waals surface area contributed by atoms with Crippen LogP contribution in [0.15, 0.2) is 18.2 Å². The van der Waals surface area contributed by atoms with Gasteiger partial charge >= 0.3 is 0 Å². The van der Waals surface area contributed by atoms with Gasteiger partial charge in [0.25, 0.3) is 5.69 Å². The molecule has 16 heavy (non-hydrogen) atoms. The van der Waals surface area contributed by atoms with Crippen LogP contribution in [0.25, 0.3) is 0 Å². The number of nitrogens with zero attached hydrogens (tertiary/aromatic N) is 1. The zero-order valence-electron chi connectivity index (χ0n) is 9.00. The first-order chi connectivity index (χ1) is 7.50. The van der Waals surface area contributed by atoms with Gasteiger partial charge in [-0.2, -0.15) is 0 Å². The van der Waals surface area contributed by atoms with Crippen molar-refractivity contribution in [3.8, 4) is 0 Å². The molecule has 86 valence electrons. The van der Waals surface area contributed by atoms with E-state index in [1.54, 1.807) is 0 Å². The van der Waals surface area contributed by atoms with Crippen LogP contribution in [0.2, 0.25) is 0 Å². The molecule has 5 heteroatoms. The first kappa shape index (κ1) is 10.9. The number of hydrogen-bond acceptors (Lipinski definition) is 3. The number of nitrogens with one attached hydrogen (secondary N) is 1. The SMILES string of the molecule is CC1(Nc2cc(F)ccc2[N+](=O)[O-])CCC1. The maximum Gasteiger partial charge on any atom is 0.292 e. The zero-order chi connectivity index (χ0) is 11.8. The van der Waals surface area contributed by atoms with E-state index >= 15 is 0 Å². The summed E-state index contributed by atoms with van der Waals surface area (Å²) in [6.07, 6.45) is 3.02. The average molecular weight is 224 g/mol. The normalized spacial score (nSPS) is 17.6. The summed E-state index contributed by atoms with van der Waals surface area (Å²) in [4.78, 5) is 10.3. The zero-order valence-corrected chi connectivity index (χ0v) is 9.00. The monoisotopic (exact) mass is 224 g/mol. The van der Waals surface area contributed by atoms with Crippen molar-refractivity contribution in [3.05, 3.63) is 34.1 Å². The molecule has 4 nitrogen and oxygen atoms in total. The van der Waals surface area contributed by atoms with Crippen LogP contribution in [0, 0.1) is 15.9 Å². The maximum absolute atomic E-state index is 13.0. The first-order valence-corrected chi connectivity index (χ1v) is 5.22. The summed E-state index contributed by atoms with van der Waals surface area (Å²) in [7, 11) is 0. The van der Waals surface area contributed by atoms with Gasteiger partial charge < -0.3 is 5.32 Å². The van der Waals surface area contributed by atoms with Gasteiger partial charge in [0.1, 0.15) is 11.5 Å². The molecule has 0 radical (unpaired) electrons. The Morgan fingerprint density at radius 1 is 1.50 bits per heavy atom. The van der Waals surface area contributed by atoms with Crippen LogP contribution in [0.5, 0.6) is 0 Å². The second-order valence-electron chi connectivity index (χ2n) is 4.46. The summed E-state index contributed by atoms with van der Waals surface area (Å²) in [5.74, 6) is -0.462. The van der Waals surface area contributed by atoms with Gasteiger partial charge in [-0.15, -0.1) is 0 Å². The van der Waals surface area contributed by atoms with Crippen molar-refractivity contribution in [2.75, 3.05) is 5.32 Å². The van der Waals surface area contributed by atoms with Crippen LogP contribution in [0.4, 0.5) is 15.8 Å². The molecule has 0 atom stereocenters. The van der Waals surface area contributed by atoms with Gasteiger partial charge in [-0.3, -0.25) is 10.1 Å². The van der Waals surface area contributed by atoms with E-state index in [9.17, 15) is 14.5 Å². The fraction of sp³-hybridized carbons (Fsp3) is 0.455. The summed E-state index contributed by atoms with van der Waals surface area (Å²) in [6.45, 7) is 1.99. The molecule has 1 aromatic carbocycles. The van der Waals surface area contributed by atoms with Crippen molar-refractivity contribution >= 4 is 11.4 Å². The molecule has 0 aromatic heterocycles. The summed E-state index contributed by atoms with van der Waals surface area (Å²) in [5, 5.41) is 13.8. The van der Waals surface area contributed by atoms with Gasteiger partial charge in [-0.1, -0.05) is 0 Å². The van der Waals surface area contributed by atoms with Gasteiger partial charge in [-0.25, -0.2) is 4.39 Å². The van der Waals surface area contributed by atoms with E-state index in [-0.39, 0.29) is 16.9 Å². The fourth-order valence-corrected chi connectivity index (χ4v) is 1.92. The molecule has 1 saturated carbocycles. The highest BCUT2D eigenvalue weighted by Gasteiger charge is 2.33. The van der Waals surface area contributed by atoms with Crippen LogP contribution in [0.1, 0.15) is 26.2 Å². The van der Waals surface area contributed by atoms with Gasteiger partial charge in [0.2, 0.25) is 0 Å². The average Bonchev–Trinajstić information content (AvgIpc) is 2.15. The third-order valence-electron chi connectivity index (χ3n) is 3.05. The number of benzene rings is 1. The minimum Gasteiger partial charge on any atom is -0.374 e. The predicted octanol–water partition coefficient (Wildman–Crippen LogP) is 3.09. The Morgan fingerprint density at radius 2 is 2.19 bits per heavy atom. The van der Waals surface area contributed by atoms with Crippen molar-refractivity contribution in [2.24, 2.45) is 0 Å². The largest absolute Gasteiger partial charge is 0.374 e. The molecule has 0 unspecified atom stereocenters. The van der Waals surface area contributed by atoms with Crippen LogP contribution in [0.3, 0.4) is 0 Å². The van der Waals surface area contributed by atoms with E-state index in [0.29, 0.717) is 0 Å². The lowest BCUT2D eigenvalue weighted by atomic mass is 9.78. The molecule has 1 aliphatic carbocycles. The Balaban J connectivity index is 2.30. The predicted molar refractivity (Wildman–Crippen MR) is 58.9 cm³/mol. The smallest absolute Gasteiger partial charge is 0.292 e. The molecular formula is C11H13FN2O2. The van der Waals surface area contributed by atoms with Crippen LogP contribution < -0.4 is 5.32 Å². The van der Waals surface area contributed by atoms with E-state index in [4.69, 9.17) is 0 Å². The molecule has 0 bridgehead atoms. The van der Waals surface area contributed by atoms with Crippen LogP contribution >= 0.6 is 0 Å². The van der Waals surface area contributed by atoms with E-state index < -0.39 is 10.7 Å². The number of nitro benzene ring substituents is 1. The second kappa shape index (κ2) is 3.73. The van der Waals surface area contributed by atoms with Gasteiger partial charge in [0.05, 0.1) is 4.92 Å². The number of halogens is 1. The van der Waals surface area contributed by atoms with Crippen LogP contribution in [-0.2, 0) is 0 Å². The van der Waals surface area contributed by atoms with Gasteiger partial charge in [0.15, 0.2) is 0 Å². The lowest BCUT2D eigenvalue weighted by Crippen LogP contribution is -2.41. The second-order valence-corrected chi connectivity index (χ2v) is 4.46. The van der Waals surface area contributed by atoms with Crippen molar-refractivity contribution < 1.29 is 9.31 Å². The molecule has 1 aromatic rings. The maximum atomic E-state index is 13.0. The Morgan fingerprint density at radius 3 is 2.69 bits per heavy atom. The Labute approximate surface area is 92.6 Å². The number of anilines is 1. The van der Waals surface area contributed by atoms with Crippen molar-refractivity contribution in [3.63, 3.8) is 0 Å². The number of rotatable bonds is 3. The molecule has 1 N–H and O–H groups in total. The molecule has 0 aliphatic heterocycles. The van der Waals surface area contributed by atoms with Gasteiger partial charge in [0, 0.05) is 17.7 Å². The Hall–Kier alpha value is -1.65. The summed E-state index contributed by atoms with van der Waals surface area (Å²) in [5.41, 5.74) is 0.0696. The standard InChI is InChI=1S/C11H13FN2O2/c1-11(5-2-6-11)13-9-7-8(12)3-4-10(9)14(15)16/h3-4,7,13H,2,5-6H2,1H3. The highest BCUT2D eigenvalue weighted by molar-refractivity contribution is 5.62. The topological polar surface area (TPSA) is 55.2 Å². The highest BCUT2D eigenvalue weighted by Crippen LogP contribution is 2.37. The highest BCUT2D eigenvalue weighted by atomic mass is 19.1. The quantitative estimate of drug-likeness (QED) is 0.634. The van der Waals surface area contributed by atoms with E-state index in [0.717, 1.165) is 25.3 Å². The van der Waals surface area contributed by atoms with Crippen LogP contribution in [-0.4, -0.2) is 10.5 Å². The lowest BCUT2D eigenvalue weighted by molar-refractivity contribution is -0.384. The minimum absolute atomic E-state index is 0.0745. The molecule has 0 amide bonds. The summed E-state index contributed by atoms with van der Waals surface area (Å²) in [6, 6.07) is 3.48. The Bertz CT molecular complexity index is 430. The summed E-state index contributed by atoms with van der Waals surface area (Å²) >= 11 is 0. The van der Waals surface area contributed by atoms with Crippen molar-refractivity contribution in [1.29, 1.82) is 0 Å². The molecule has 2 rings (SSSR count). The van der Waals surface area contributed by atoms with Crippen molar-refractivity contribution in [1.82, 2.24) is 0 Å². The van der Waals surface area contributed by atoms with Gasteiger partial charge in [-0.05, 0) is 32.3 Å². The van der Waals surface area contributed by atoms with E-state index in [2.05, 4.69) is 5.32 Å². The van der Waals surface area contributed by atoms with E-state index in [1.165, 1.54) is 12.1 Å². The third kappa shape index (κ3) is 1.98. The lowest BCUT2D eigenvalue weighted by Gasteiger charge is -2.39. The fourth-order valence-electron chi connectivity index (χ4n) is 1.92. The third-order valence-corrected chi connectivity index (χ3v) is 3.05. The number of nitro groups is 1. The molecule has 1 aliphatic rings. The van der Waals surface area contributed by atoms with E-state index in [1.807, 2.05) is 6.92 Å². The summed E-state index contributed by atoms with van der Waals surface area (Å²) < 4.78 is 13.0. The molecule has 0 spiro atoms. The number of hydrogen-bond donors (Lipinski definition) is 1. The molecular weight excluding hydrogens is 211 g/mol. The first-order valence-electron chi connectivity index (χ1n) is 5.22. The minimum atomic E-state index is -0.496. The Kier molecular flexibility index (Phi) is 2.53.